The topological polar surface area (TPSA) is 7.60 Å². The molecule has 0 fully saturated rings. The molecule has 240 valence electrons. The lowest BCUT2D eigenvalue weighted by molar-refractivity contribution is 0.793. The van der Waals surface area contributed by atoms with Crippen molar-refractivity contribution >= 4 is 55.1 Å². The van der Waals surface area contributed by atoms with Crippen LogP contribution in [0.3, 0.4) is 0 Å². The second-order valence-corrected chi connectivity index (χ2v) is 13.9. The first-order valence-electron chi connectivity index (χ1n) is 17.8. The summed E-state index contributed by atoms with van der Waals surface area (Å²) in [5, 5.41) is 7.39. The number of hydrogen-bond acceptors (Lipinski definition) is 1. The molecule has 0 aliphatic heterocycles. The summed E-state index contributed by atoms with van der Waals surface area (Å²) < 4.78 is 0. The first-order valence-corrected chi connectivity index (χ1v) is 17.8. The highest BCUT2D eigenvalue weighted by Crippen LogP contribution is 2.63. The van der Waals surface area contributed by atoms with E-state index >= 15 is 0 Å². The molecule has 0 saturated heterocycles. The summed E-state index contributed by atoms with van der Waals surface area (Å²) in [4.78, 5) is 6.14. The van der Waals surface area contributed by atoms with Crippen molar-refractivity contribution in [1.29, 1.82) is 0 Å². The standard InChI is InChI=1S/C50H30N2/c1-51-32-25-27-33(28-26-32)52(48-24-12-20-43-37-14-3-2-13-35(37)36-15-4-5-19-42(36)49(43)48)34-29-30-41-40-18-8-11-23-46(40)50(47(41)31-34)44-21-9-6-16-38(44)39-17-7-10-22-45(39)50/h2-31H. The summed E-state index contributed by atoms with van der Waals surface area (Å²) in [7, 11) is 0. The molecule has 1 spiro atoms. The minimum absolute atomic E-state index is 0.448. The first kappa shape index (κ1) is 28.8. The van der Waals surface area contributed by atoms with Gasteiger partial charge in [0.25, 0.3) is 0 Å². The highest BCUT2D eigenvalue weighted by atomic mass is 15.1. The monoisotopic (exact) mass is 658 g/mol. The summed E-state index contributed by atoms with van der Waals surface area (Å²) in [6.45, 7) is 7.69. The van der Waals surface area contributed by atoms with Gasteiger partial charge in [0.2, 0.25) is 0 Å². The molecule has 0 bridgehead atoms. The Morgan fingerprint density at radius 1 is 0.385 bits per heavy atom. The molecular formula is C50H30N2. The summed E-state index contributed by atoms with van der Waals surface area (Å²) in [5.74, 6) is 0. The van der Waals surface area contributed by atoms with Crippen molar-refractivity contribution in [1.82, 2.24) is 0 Å². The minimum Gasteiger partial charge on any atom is -0.310 e. The van der Waals surface area contributed by atoms with Crippen LogP contribution in [0, 0.1) is 6.57 Å². The van der Waals surface area contributed by atoms with Crippen molar-refractivity contribution in [3.05, 3.63) is 216 Å². The summed E-state index contributed by atoms with van der Waals surface area (Å²) >= 11 is 0. The largest absolute Gasteiger partial charge is 0.310 e. The quantitative estimate of drug-likeness (QED) is 0.135. The lowest BCUT2D eigenvalue weighted by atomic mass is 9.70. The number of anilines is 3. The van der Waals surface area contributed by atoms with Crippen molar-refractivity contribution in [2.24, 2.45) is 0 Å². The van der Waals surface area contributed by atoms with Crippen LogP contribution in [0.1, 0.15) is 22.3 Å². The summed E-state index contributed by atoms with van der Waals surface area (Å²) in [6, 6.07) is 66.2. The van der Waals surface area contributed by atoms with E-state index in [2.05, 4.69) is 180 Å². The van der Waals surface area contributed by atoms with Crippen molar-refractivity contribution in [2.75, 3.05) is 4.90 Å². The van der Waals surface area contributed by atoms with Crippen LogP contribution in [-0.4, -0.2) is 0 Å². The highest BCUT2D eigenvalue weighted by molar-refractivity contribution is 6.28. The Morgan fingerprint density at radius 2 is 0.827 bits per heavy atom. The van der Waals surface area contributed by atoms with E-state index in [1.807, 2.05) is 12.1 Å². The molecule has 0 aromatic heterocycles. The van der Waals surface area contributed by atoms with Crippen molar-refractivity contribution in [3.63, 3.8) is 0 Å². The third-order valence-corrected chi connectivity index (χ3v) is 11.5. The fourth-order valence-corrected chi connectivity index (χ4v) is 9.45. The average molecular weight is 659 g/mol. The van der Waals surface area contributed by atoms with E-state index in [4.69, 9.17) is 6.57 Å². The second kappa shape index (κ2) is 10.8. The van der Waals surface area contributed by atoms with Gasteiger partial charge in [0.05, 0.1) is 17.7 Å². The molecule has 2 aliphatic carbocycles. The Morgan fingerprint density at radius 3 is 1.38 bits per heavy atom. The fourth-order valence-electron chi connectivity index (χ4n) is 9.45. The van der Waals surface area contributed by atoms with Gasteiger partial charge in [0, 0.05) is 16.8 Å². The molecule has 9 aromatic carbocycles. The third kappa shape index (κ3) is 3.72. The Labute approximate surface area is 302 Å². The van der Waals surface area contributed by atoms with Gasteiger partial charge in [-0.1, -0.05) is 152 Å². The van der Waals surface area contributed by atoms with Crippen LogP contribution in [0.15, 0.2) is 182 Å². The third-order valence-electron chi connectivity index (χ3n) is 11.5. The molecule has 0 heterocycles. The average Bonchev–Trinajstić information content (AvgIpc) is 3.68. The SMILES string of the molecule is [C-]#[N+]c1ccc(N(c2ccc3c(c2)C2(c4ccccc4-c4ccccc42)c2ccccc2-3)c2cccc3c4ccccc4c4ccccc4c23)cc1. The van der Waals surface area contributed by atoms with E-state index < -0.39 is 5.41 Å². The summed E-state index contributed by atoms with van der Waals surface area (Å²) in [5.41, 5.74) is 13.8. The van der Waals surface area contributed by atoms with E-state index in [-0.39, 0.29) is 0 Å². The lowest BCUT2D eigenvalue weighted by Crippen LogP contribution is -2.26. The van der Waals surface area contributed by atoms with Crippen LogP contribution >= 0.6 is 0 Å². The van der Waals surface area contributed by atoms with Gasteiger partial charge in [-0.3, -0.25) is 0 Å². The molecule has 52 heavy (non-hydrogen) atoms. The predicted molar refractivity (Wildman–Crippen MR) is 216 cm³/mol. The van der Waals surface area contributed by atoms with Crippen molar-refractivity contribution in [3.8, 4) is 22.3 Å². The highest BCUT2D eigenvalue weighted by Gasteiger charge is 2.51. The van der Waals surface area contributed by atoms with E-state index in [9.17, 15) is 0 Å². The Balaban J connectivity index is 1.25. The molecule has 2 aliphatic rings. The van der Waals surface area contributed by atoms with E-state index in [0.717, 1.165) is 17.1 Å². The predicted octanol–water partition coefficient (Wildman–Crippen LogP) is 13.5. The number of rotatable bonds is 3. The van der Waals surface area contributed by atoms with Gasteiger partial charge in [-0.25, -0.2) is 4.85 Å². The Bertz CT molecular complexity index is 2870. The maximum absolute atomic E-state index is 7.69. The lowest BCUT2D eigenvalue weighted by Gasteiger charge is -2.32. The molecule has 2 nitrogen and oxygen atoms in total. The van der Waals surface area contributed by atoms with Crippen molar-refractivity contribution < 1.29 is 0 Å². The molecule has 0 unspecified atom stereocenters. The molecule has 0 radical (unpaired) electrons. The molecule has 0 saturated carbocycles. The van der Waals surface area contributed by atoms with Crippen LogP contribution in [0.5, 0.6) is 0 Å². The molecule has 9 aromatic rings. The second-order valence-electron chi connectivity index (χ2n) is 13.9. The van der Waals surface area contributed by atoms with Crippen LogP contribution in [0.2, 0.25) is 0 Å². The van der Waals surface area contributed by atoms with E-state index in [1.54, 1.807) is 0 Å². The summed E-state index contributed by atoms with van der Waals surface area (Å²) in [6.07, 6.45) is 0. The maximum Gasteiger partial charge on any atom is 0.187 e. The van der Waals surface area contributed by atoms with Gasteiger partial charge in [-0.05, 0) is 102 Å². The van der Waals surface area contributed by atoms with Crippen LogP contribution in [-0.2, 0) is 5.41 Å². The van der Waals surface area contributed by atoms with Crippen LogP contribution in [0.25, 0.3) is 59.4 Å². The number of hydrogen-bond donors (Lipinski definition) is 0. The molecule has 0 atom stereocenters. The number of nitrogens with zero attached hydrogens (tertiary/aromatic N) is 2. The minimum atomic E-state index is -0.448. The normalized spacial score (nSPS) is 13.1. The molecule has 2 heteroatoms. The fraction of sp³-hybridized carbons (Fsp3) is 0.0200. The zero-order chi connectivity index (χ0) is 34.4. The molecule has 0 N–H and O–H groups in total. The molecule has 0 amide bonds. The van der Waals surface area contributed by atoms with Gasteiger partial charge >= 0.3 is 0 Å². The zero-order valence-corrected chi connectivity index (χ0v) is 28.2. The Hall–Kier alpha value is -6.95. The van der Waals surface area contributed by atoms with Crippen LogP contribution in [0.4, 0.5) is 22.7 Å². The zero-order valence-electron chi connectivity index (χ0n) is 28.2. The number of fused-ring (bicyclic) bond motifs is 16. The van der Waals surface area contributed by atoms with Gasteiger partial charge < -0.3 is 4.90 Å². The van der Waals surface area contributed by atoms with E-state index in [1.165, 1.54) is 76.8 Å². The van der Waals surface area contributed by atoms with Crippen LogP contribution < -0.4 is 4.90 Å². The van der Waals surface area contributed by atoms with Gasteiger partial charge in [-0.2, -0.15) is 0 Å². The smallest absolute Gasteiger partial charge is 0.187 e. The molecular weight excluding hydrogens is 629 g/mol. The van der Waals surface area contributed by atoms with Gasteiger partial charge in [-0.15, -0.1) is 0 Å². The van der Waals surface area contributed by atoms with E-state index in [0.29, 0.717) is 5.69 Å². The van der Waals surface area contributed by atoms with Gasteiger partial charge in [0.1, 0.15) is 0 Å². The Kier molecular flexibility index (Phi) is 5.98. The number of benzene rings is 9. The van der Waals surface area contributed by atoms with Gasteiger partial charge in [0.15, 0.2) is 5.69 Å². The molecule has 11 rings (SSSR count). The van der Waals surface area contributed by atoms with Crippen molar-refractivity contribution in [2.45, 2.75) is 5.41 Å². The maximum atomic E-state index is 7.69. The first-order chi connectivity index (χ1) is 25.8.